The molecule has 0 spiro atoms. The first kappa shape index (κ1) is 9.79. The number of benzene rings is 1. The van der Waals surface area contributed by atoms with Crippen molar-refractivity contribution in [2.24, 2.45) is 0 Å². The third-order valence-electron chi connectivity index (χ3n) is 1.71. The van der Waals surface area contributed by atoms with Gasteiger partial charge in [0.25, 0.3) is 0 Å². The van der Waals surface area contributed by atoms with Crippen molar-refractivity contribution >= 4 is 17.5 Å². The number of aromatic nitrogens is 3. The molecule has 15 heavy (non-hydrogen) atoms. The minimum Gasteiger partial charge on any atom is -0.368 e. The van der Waals surface area contributed by atoms with Crippen molar-refractivity contribution in [1.82, 2.24) is 15.0 Å². The lowest BCUT2D eigenvalue weighted by Crippen LogP contribution is -1.99. The predicted octanol–water partition coefficient (Wildman–Crippen LogP) is 1.91. The molecule has 0 atom stereocenters. The van der Waals surface area contributed by atoms with Gasteiger partial charge in [-0.15, -0.1) is 0 Å². The Morgan fingerprint density at radius 3 is 2.67 bits per heavy atom. The molecule has 0 aliphatic rings. The second kappa shape index (κ2) is 3.78. The average molecular weight is 225 g/mol. The van der Waals surface area contributed by atoms with Gasteiger partial charge < -0.3 is 5.73 Å². The molecule has 1 heterocycles. The summed E-state index contributed by atoms with van der Waals surface area (Å²) in [4.78, 5) is 11.3. The standard InChI is InChI=1S/C9H6ClFN4/c10-8-13-7(14-9(12)15-8)5-2-1-3-6(11)4-5/h1-4H,(H2,12,13,14,15). The van der Waals surface area contributed by atoms with Crippen LogP contribution in [0.1, 0.15) is 0 Å². The summed E-state index contributed by atoms with van der Waals surface area (Å²) in [6, 6.07) is 5.84. The first-order chi connectivity index (χ1) is 7.15. The van der Waals surface area contributed by atoms with Crippen LogP contribution in [0.25, 0.3) is 11.4 Å². The second-order valence-corrected chi connectivity index (χ2v) is 3.13. The monoisotopic (exact) mass is 224 g/mol. The van der Waals surface area contributed by atoms with Crippen LogP contribution < -0.4 is 5.73 Å². The molecule has 0 aliphatic heterocycles. The van der Waals surface area contributed by atoms with Crippen LogP contribution in [0.15, 0.2) is 24.3 Å². The molecule has 1 aromatic carbocycles. The summed E-state index contributed by atoms with van der Waals surface area (Å²) < 4.78 is 12.9. The highest BCUT2D eigenvalue weighted by atomic mass is 35.5. The quantitative estimate of drug-likeness (QED) is 0.804. The highest BCUT2D eigenvalue weighted by molar-refractivity contribution is 6.28. The molecular formula is C9H6ClFN4. The van der Waals surface area contributed by atoms with E-state index in [4.69, 9.17) is 17.3 Å². The maximum absolute atomic E-state index is 12.9. The number of nitrogen functional groups attached to an aromatic ring is 1. The fourth-order valence-corrected chi connectivity index (χ4v) is 1.29. The molecule has 6 heteroatoms. The van der Waals surface area contributed by atoms with Gasteiger partial charge in [0.1, 0.15) is 5.82 Å². The van der Waals surface area contributed by atoms with Crippen molar-refractivity contribution in [3.8, 4) is 11.4 Å². The average Bonchev–Trinajstić information content (AvgIpc) is 2.16. The number of hydrogen-bond donors (Lipinski definition) is 1. The van der Waals surface area contributed by atoms with Gasteiger partial charge in [0.2, 0.25) is 11.2 Å². The number of halogens is 2. The maximum Gasteiger partial charge on any atom is 0.227 e. The zero-order valence-corrected chi connectivity index (χ0v) is 8.24. The van der Waals surface area contributed by atoms with E-state index in [1.54, 1.807) is 12.1 Å². The molecule has 0 radical (unpaired) electrons. The van der Waals surface area contributed by atoms with Gasteiger partial charge in [-0.3, -0.25) is 0 Å². The third-order valence-corrected chi connectivity index (χ3v) is 1.88. The van der Waals surface area contributed by atoms with E-state index >= 15 is 0 Å². The van der Waals surface area contributed by atoms with Gasteiger partial charge in [-0.1, -0.05) is 12.1 Å². The fourth-order valence-electron chi connectivity index (χ4n) is 1.12. The molecule has 76 valence electrons. The molecule has 1 aromatic heterocycles. The Hall–Kier alpha value is -1.75. The summed E-state index contributed by atoms with van der Waals surface area (Å²) in [6.07, 6.45) is 0. The van der Waals surface area contributed by atoms with Crippen molar-refractivity contribution in [2.45, 2.75) is 0 Å². The molecule has 0 bridgehead atoms. The van der Waals surface area contributed by atoms with Crippen molar-refractivity contribution in [3.05, 3.63) is 35.4 Å². The molecule has 0 saturated heterocycles. The Labute approximate surface area is 90.0 Å². The van der Waals surface area contributed by atoms with Gasteiger partial charge in [-0.05, 0) is 23.7 Å². The largest absolute Gasteiger partial charge is 0.368 e. The van der Waals surface area contributed by atoms with Crippen LogP contribution in [0.3, 0.4) is 0 Å². The molecule has 0 unspecified atom stereocenters. The van der Waals surface area contributed by atoms with Crippen LogP contribution in [-0.4, -0.2) is 15.0 Å². The van der Waals surface area contributed by atoms with E-state index in [1.807, 2.05) is 0 Å². The van der Waals surface area contributed by atoms with Gasteiger partial charge in [0.05, 0.1) is 0 Å². The van der Waals surface area contributed by atoms with Crippen LogP contribution >= 0.6 is 11.6 Å². The number of hydrogen-bond acceptors (Lipinski definition) is 4. The molecule has 0 fully saturated rings. The van der Waals surface area contributed by atoms with Gasteiger partial charge in [0.15, 0.2) is 5.82 Å². The van der Waals surface area contributed by atoms with E-state index < -0.39 is 0 Å². The normalized spacial score (nSPS) is 10.3. The van der Waals surface area contributed by atoms with Crippen molar-refractivity contribution in [1.29, 1.82) is 0 Å². The number of anilines is 1. The summed E-state index contributed by atoms with van der Waals surface area (Å²) in [6.45, 7) is 0. The van der Waals surface area contributed by atoms with E-state index in [-0.39, 0.29) is 22.9 Å². The molecular weight excluding hydrogens is 219 g/mol. The van der Waals surface area contributed by atoms with Gasteiger partial charge in [0, 0.05) is 5.56 Å². The predicted molar refractivity (Wildman–Crippen MR) is 54.6 cm³/mol. The molecule has 2 N–H and O–H groups in total. The fraction of sp³-hybridized carbons (Fsp3) is 0. The number of rotatable bonds is 1. The van der Waals surface area contributed by atoms with Crippen LogP contribution in [0.2, 0.25) is 5.28 Å². The van der Waals surface area contributed by atoms with Gasteiger partial charge in [-0.25, -0.2) is 4.39 Å². The first-order valence-electron chi connectivity index (χ1n) is 4.08. The lowest BCUT2D eigenvalue weighted by Gasteiger charge is -2.01. The van der Waals surface area contributed by atoms with Crippen molar-refractivity contribution in [2.75, 3.05) is 5.73 Å². The SMILES string of the molecule is Nc1nc(Cl)nc(-c2cccc(F)c2)n1. The van der Waals surface area contributed by atoms with Crippen molar-refractivity contribution in [3.63, 3.8) is 0 Å². The molecule has 0 aliphatic carbocycles. The Kier molecular flexibility index (Phi) is 2.47. The maximum atomic E-state index is 12.9. The zero-order valence-electron chi connectivity index (χ0n) is 7.48. The summed E-state index contributed by atoms with van der Waals surface area (Å²) >= 11 is 5.60. The second-order valence-electron chi connectivity index (χ2n) is 2.80. The lowest BCUT2D eigenvalue weighted by molar-refractivity contribution is 0.628. The Morgan fingerprint density at radius 2 is 2.00 bits per heavy atom. The minimum absolute atomic E-state index is 0.00858. The van der Waals surface area contributed by atoms with Crippen LogP contribution in [-0.2, 0) is 0 Å². The van der Waals surface area contributed by atoms with Gasteiger partial charge in [-0.2, -0.15) is 15.0 Å². The first-order valence-corrected chi connectivity index (χ1v) is 4.46. The van der Waals surface area contributed by atoms with Gasteiger partial charge >= 0.3 is 0 Å². The van der Waals surface area contributed by atoms with E-state index in [9.17, 15) is 4.39 Å². The molecule has 2 rings (SSSR count). The summed E-state index contributed by atoms with van der Waals surface area (Å²) in [5.41, 5.74) is 5.90. The Bertz CT molecular complexity index is 483. The smallest absolute Gasteiger partial charge is 0.227 e. The Morgan fingerprint density at radius 1 is 1.20 bits per heavy atom. The molecule has 0 saturated carbocycles. The minimum atomic E-state index is -0.373. The van der Waals surface area contributed by atoms with E-state index in [2.05, 4.69) is 15.0 Å². The van der Waals surface area contributed by atoms with E-state index in [0.29, 0.717) is 5.56 Å². The summed E-state index contributed by atoms with van der Waals surface area (Å²) in [7, 11) is 0. The van der Waals surface area contributed by atoms with E-state index in [0.717, 1.165) is 0 Å². The van der Waals surface area contributed by atoms with E-state index in [1.165, 1.54) is 12.1 Å². The van der Waals surface area contributed by atoms with Crippen LogP contribution in [0.4, 0.5) is 10.3 Å². The topological polar surface area (TPSA) is 64.7 Å². The van der Waals surface area contributed by atoms with Crippen LogP contribution in [0, 0.1) is 5.82 Å². The highest BCUT2D eigenvalue weighted by Crippen LogP contribution is 2.17. The summed E-state index contributed by atoms with van der Waals surface area (Å²) in [5, 5.41) is -0.0123. The number of nitrogens with zero attached hydrogens (tertiary/aromatic N) is 3. The zero-order chi connectivity index (χ0) is 10.8. The molecule has 0 amide bonds. The van der Waals surface area contributed by atoms with Crippen molar-refractivity contribution < 1.29 is 4.39 Å². The number of nitrogens with two attached hydrogens (primary N) is 1. The van der Waals surface area contributed by atoms with Crippen LogP contribution in [0.5, 0.6) is 0 Å². The third kappa shape index (κ3) is 2.19. The molecule has 4 nitrogen and oxygen atoms in total. The molecule has 2 aromatic rings. The highest BCUT2D eigenvalue weighted by Gasteiger charge is 2.05. The Balaban J connectivity index is 2.54. The summed E-state index contributed by atoms with van der Waals surface area (Å²) in [5.74, 6) is -0.108. The lowest BCUT2D eigenvalue weighted by atomic mass is 10.2.